The van der Waals surface area contributed by atoms with E-state index in [4.69, 9.17) is 0 Å². The number of likely N-dealkylation sites (tertiary alicyclic amines) is 1. The summed E-state index contributed by atoms with van der Waals surface area (Å²) in [6.45, 7) is 8.07. The van der Waals surface area contributed by atoms with E-state index >= 15 is 0 Å². The van der Waals surface area contributed by atoms with E-state index in [0.717, 1.165) is 48.4 Å². The van der Waals surface area contributed by atoms with Gasteiger partial charge in [-0.2, -0.15) is 0 Å². The van der Waals surface area contributed by atoms with Crippen LogP contribution in [-0.4, -0.2) is 58.5 Å². The molecule has 0 radical (unpaired) electrons. The maximum Gasteiger partial charge on any atom is 0.336 e. The van der Waals surface area contributed by atoms with Crippen molar-refractivity contribution in [1.82, 2.24) is 14.2 Å². The summed E-state index contributed by atoms with van der Waals surface area (Å²) in [4.78, 5) is 16.2. The van der Waals surface area contributed by atoms with Gasteiger partial charge in [0.15, 0.2) is 0 Å². The van der Waals surface area contributed by atoms with Crippen LogP contribution < -0.4 is 0 Å². The fraction of sp³-hybridized carbons (Fsp3) is 0.421. The maximum absolute atomic E-state index is 11.6. The molecule has 0 aliphatic carbocycles. The van der Waals surface area contributed by atoms with Gasteiger partial charge in [0.2, 0.25) is 0 Å². The zero-order valence-electron chi connectivity index (χ0n) is 14.6. The van der Waals surface area contributed by atoms with E-state index in [1.807, 2.05) is 29.7 Å². The number of carboxylic acid groups (broad SMARTS) is 1. The highest BCUT2D eigenvalue weighted by molar-refractivity contribution is 5.92. The maximum atomic E-state index is 11.6. The van der Waals surface area contributed by atoms with E-state index in [2.05, 4.69) is 30.5 Å². The Morgan fingerprint density at radius 1 is 1.33 bits per heavy atom. The van der Waals surface area contributed by atoms with E-state index < -0.39 is 5.97 Å². The Kier molecular flexibility index (Phi) is 4.37. The van der Waals surface area contributed by atoms with E-state index in [0.29, 0.717) is 11.6 Å². The number of aromatic nitrogens is 1. The molecule has 2 aromatic heterocycles. The van der Waals surface area contributed by atoms with Gasteiger partial charge < -0.3 is 19.3 Å². The lowest BCUT2D eigenvalue weighted by atomic mass is 10.0. The summed E-state index contributed by atoms with van der Waals surface area (Å²) < 4.78 is 2.04. The van der Waals surface area contributed by atoms with Crippen molar-refractivity contribution in [2.75, 3.05) is 27.2 Å². The van der Waals surface area contributed by atoms with Crippen LogP contribution >= 0.6 is 0 Å². The number of pyridine rings is 1. The molecule has 0 spiro atoms. The van der Waals surface area contributed by atoms with Crippen molar-refractivity contribution >= 4 is 17.2 Å². The molecule has 0 aromatic carbocycles. The molecule has 1 aliphatic heterocycles. The topological polar surface area (TPSA) is 48.2 Å². The second-order valence-electron chi connectivity index (χ2n) is 6.77. The standard InChI is InChI=1S/C19H25N3O2/c1-13-17(19(23)24)12-16-6-5-9-22(16)18(13)14(2)21-10-7-15(8-11-21)20(3)4/h5-6,9,12,15H,2,7-8,10-11H2,1,3-4H3,(H,23,24). The molecule has 1 N–H and O–H groups in total. The number of carbonyl (C=O) groups is 1. The zero-order valence-corrected chi connectivity index (χ0v) is 14.6. The quantitative estimate of drug-likeness (QED) is 0.938. The van der Waals surface area contributed by atoms with Gasteiger partial charge >= 0.3 is 5.97 Å². The third-order valence-corrected chi connectivity index (χ3v) is 5.15. The molecule has 5 nitrogen and oxygen atoms in total. The van der Waals surface area contributed by atoms with Crippen LogP contribution in [0.5, 0.6) is 0 Å². The predicted octanol–water partition coefficient (Wildman–Crippen LogP) is 2.94. The van der Waals surface area contributed by atoms with Gasteiger partial charge in [0.1, 0.15) is 0 Å². The molecule has 3 heterocycles. The first-order valence-corrected chi connectivity index (χ1v) is 8.34. The van der Waals surface area contributed by atoms with Gasteiger partial charge in [-0.3, -0.25) is 0 Å². The average Bonchev–Trinajstić information content (AvgIpc) is 3.01. The van der Waals surface area contributed by atoms with Gasteiger partial charge in [0, 0.05) is 30.8 Å². The van der Waals surface area contributed by atoms with Gasteiger partial charge in [-0.25, -0.2) is 4.79 Å². The number of aromatic carboxylic acids is 1. The van der Waals surface area contributed by atoms with E-state index in [-0.39, 0.29) is 0 Å². The van der Waals surface area contributed by atoms with Gasteiger partial charge in [-0.1, -0.05) is 6.58 Å². The molecule has 2 aromatic rings. The highest BCUT2D eigenvalue weighted by Gasteiger charge is 2.25. The highest BCUT2D eigenvalue weighted by Crippen LogP contribution is 2.29. The minimum atomic E-state index is -0.892. The van der Waals surface area contributed by atoms with Crippen LogP contribution in [0.4, 0.5) is 0 Å². The van der Waals surface area contributed by atoms with Gasteiger partial charge in [-0.15, -0.1) is 0 Å². The third-order valence-electron chi connectivity index (χ3n) is 5.15. The first-order chi connectivity index (χ1) is 11.4. The molecular formula is C19H25N3O2. The van der Waals surface area contributed by atoms with E-state index in [1.54, 1.807) is 6.07 Å². The first kappa shape index (κ1) is 16.6. The fourth-order valence-corrected chi connectivity index (χ4v) is 3.66. The van der Waals surface area contributed by atoms with Gasteiger partial charge in [-0.05, 0) is 57.6 Å². The molecule has 1 aliphatic rings. The molecule has 0 amide bonds. The van der Waals surface area contributed by atoms with Crippen LogP contribution in [0.15, 0.2) is 31.0 Å². The van der Waals surface area contributed by atoms with Crippen LogP contribution in [0.3, 0.4) is 0 Å². The van der Waals surface area contributed by atoms with Crippen LogP contribution in [-0.2, 0) is 0 Å². The predicted molar refractivity (Wildman–Crippen MR) is 96.4 cm³/mol. The normalized spacial score (nSPS) is 16.1. The molecule has 3 rings (SSSR count). The summed E-state index contributed by atoms with van der Waals surface area (Å²) in [5.41, 5.74) is 3.82. The van der Waals surface area contributed by atoms with Crippen molar-refractivity contribution in [3.63, 3.8) is 0 Å². The Bertz CT molecular complexity index is 783. The Labute approximate surface area is 142 Å². The Morgan fingerprint density at radius 3 is 2.58 bits per heavy atom. The second-order valence-corrected chi connectivity index (χ2v) is 6.77. The number of hydrogen-bond acceptors (Lipinski definition) is 3. The lowest BCUT2D eigenvalue weighted by Crippen LogP contribution is -2.41. The molecule has 0 saturated carbocycles. The molecule has 128 valence electrons. The van der Waals surface area contributed by atoms with Crippen molar-refractivity contribution in [3.8, 4) is 0 Å². The minimum Gasteiger partial charge on any atom is -0.478 e. The number of piperidine rings is 1. The minimum absolute atomic E-state index is 0.348. The van der Waals surface area contributed by atoms with Crippen LogP contribution in [0.1, 0.15) is 34.5 Å². The number of rotatable bonds is 4. The van der Waals surface area contributed by atoms with Gasteiger partial charge in [0.25, 0.3) is 0 Å². The molecule has 0 atom stereocenters. The van der Waals surface area contributed by atoms with Crippen molar-refractivity contribution in [1.29, 1.82) is 0 Å². The third kappa shape index (κ3) is 2.80. The second kappa shape index (κ2) is 6.32. The van der Waals surface area contributed by atoms with Crippen LogP contribution in [0.2, 0.25) is 0 Å². The van der Waals surface area contributed by atoms with Crippen molar-refractivity contribution in [2.24, 2.45) is 0 Å². The summed E-state index contributed by atoms with van der Waals surface area (Å²) in [6.07, 6.45) is 4.16. The van der Waals surface area contributed by atoms with Crippen molar-refractivity contribution in [2.45, 2.75) is 25.8 Å². The molecule has 5 heteroatoms. The largest absolute Gasteiger partial charge is 0.478 e. The Balaban J connectivity index is 1.97. The van der Waals surface area contributed by atoms with Crippen molar-refractivity contribution < 1.29 is 9.90 Å². The van der Waals surface area contributed by atoms with E-state index in [9.17, 15) is 9.90 Å². The fourth-order valence-electron chi connectivity index (χ4n) is 3.66. The monoisotopic (exact) mass is 327 g/mol. The molecule has 0 unspecified atom stereocenters. The molecular weight excluding hydrogens is 302 g/mol. The summed E-state index contributed by atoms with van der Waals surface area (Å²) in [6, 6.07) is 6.20. The molecule has 1 saturated heterocycles. The summed E-state index contributed by atoms with van der Waals surface area (Å²) >= 11 is 0. The lowest BCUT2D eigenvalue weighted by molar-refractivity contribution is 0.0696. The smallest absolute Gasteiger partial charge is 0.336 e. The number of hydrogen-bond donors (Lipinski definition) is 1. The number of nitrogens with zero attached hydrogens (tertiary/aromatic N) is 3. The van der Waals surface area contributed by atoms with Crippen molar-refractivity contribution in [3.05, 3.63) is 47.8 Å². The van der Waals surface area contributed by atoms with E-state index in [1.165, 1.54) is 0 Å². The highest BCUT2D eigenvalue weighted by atomic mass is 16.4. The van der Waals surface area contributed by atoms with Gasteiger partial charge in [0.05, 0.1) is 17.0 Å². The number of carboxylic acids is 1. The molecule has 24 heavy (non-hydrogen) atoms. The van der Waals surface area contributed by atoms with Crippen LogP contribution in [0, 0.1) is 6.92 Å². The summed E-state index contributed by atoms with van der Waals surface area (Å²) in [5, 5.41) is 9.52. The Morgan fingerprint density at radius 2 is 2.00 bits per heavy atom. The number of fused-ring (bicyclic) bond motifs is 1. The lowest BCUT2D eigenvalue weighted by Gasteiger charge is -2.37. The zero-order chi connectivity index (χ0) is 17.4. The average molecular weight is 327 g/mol. The molecule has 1 fully saturated rings. The summed E-state index contributed by atoms with van der Waals surface area (Å²) in [7, 11) is 4.25. The molecule has 0 bridgehead atoms. The summed E-state index contributed by atoms with van der Waals surface area (Å²) in [5.74, 6) is -0.892. The Hall–Kier alpha value is -2.27. The first-order valence-electron chi connectivity index (χ1n) is 8.34. The SMILES string of the molecule is C=C(c1c(C)c(C(=O)O)cc2cccn12)N1CCC(N(C)C)CC1. The van der Waals surface area contributed by atoms with Crippen LogP contribution in [0.25, 0.3) is 11.2 Å².